The molecule has 0 fully saturated rings. The highest BCUT2D eigenvalue weighted by Gasteiger charge is 2.12. The quantitative estimate of drug-likeness (QED) is 0.121. The van der Waals surface area contributed by atoms with Crippen LogP contribution in [0.25, 0.3) is 6.08 Å². The van der Waals surface area contributed by atoms with Crippen molar-refractivity contribution < 1.29 is 19.4 Å². The molecule has 0 radical (unpaired) electrons. The van der Waals surface area contributed by atoms with Crippen molar-refractivity contribution in [2.24, 2.45) is 0 Å². The van der Waals surface area contributed by atoms with Crippen molar-refractivity contribution in [2.45, 2.75) is 19.4 Å². The van der Waals surface area contributed by atoms with Crippen LogP contribution < -0.4 is 10.1 Å². The third-order valence-electron chi connectivity index (χ3n) is 5.05. The molecule has 2 N–H and O–H groups in total. The van der Waals surface area contributed by atoms with Crippen LogP contribution in [0.1, 0.15) is 33.5 Å². The lowest BCUT2D eigenvalue weighted by Gasteiger charge is -2.12. The molecular weight excluding hydrogens is 670 g/mol. The van der Waals surface area contributed by atoms with E-state index >= 15 is 0 Å². The van der Waals surface area contributed by atoms with Gasteiger partial charge in [-0.15, -0.1) is 0 Å². The van der Waals surface area contributed by atoms with Crippen molar-refractivity contribution in [3.8, 4) is 11.8 Å². The third-order valence-corrected chi connectivity index (χ3v) is 6.65. The van der Waals surface area contributed by atoms with Crippen molar-refractivity contribution in [1.29, 1.82) is 5.26 Å². The number of nitrogens with one attached hydrogen (secondary N) is 1. The Balaban J connectivity index is 1.60. The minimum atomic E-state index is -0.970. The van der Waals surface area contributed by atoms with Crippen LogP contribution >= 0.6 is 45.2 Å². The van der Waals surface area contributed by atoms with E-state index in [2.05, 4.69) is 50.5 Å². The normalized spacial score (nSPS) is 10.9. The van der Waals surface area contributed by atoms with Gasteiger partial charge < -0.3 is 15.2 Å². The number of nitrogens with zero attached hydrogens (tertiary/aromatic N) is 1. The summed E-state index contributed by atoms with van der Waals surface area (Å²) in [7, 11) is 0. The molecule has 3 aromatic rings. The zero-order chi connectivity index (χ0) is 25.2. The molecule has 0 spiro atoms. The van der Waals surface area contributed by atoms with Gasteiger partial charge in [0.1, 0.15) is 24.0 Å². The van der Waals surface area contributed by atoms with Crippen molar-refractivity contribution in [3.63, 3.8) is 0 Å². The SMILES string of the molecule is N#C/C(=C/c1cc(I)c(OCc2ccc(C(=O)O)cc2)c(I)c1)C(=O)NCCCc1ccccc1. The number of carboxylic acids is 1. The first-order chi connectivity index (χ1) is 16.9. The summed E-state index contributed by atoms with van der Waals surface area (Å²) >= 11 is 4.31. The number of ether oxygens (including phenoxy) is 1. The van der Waals surface area contributed by atoms with E-state index in [-0.39, 0.29) is 17.7 Å². The second-order valence-corrected chi connectivity index (χ2v) is 9.94. The number of aromatic carboxylic acids is 1. The lowest BCUT2D eigenvalue weighted by Crippen LogP contribution is -2.25. The maximum absolute atomic E-state index is 12.5. The molecular formula is C27H22I2N2O4. The molecule has 0 aromatic heterocycles. The predicted molar refractivity (Wildman–Crippen MR) is 151 cm³/mol. The average Bonchev–Trinajstić information content (AvgIpc) is 2.85. The number of amides is 1. The van der Waals surface area contributed by atoms with Crippen molar-refractivity contribution in [1.82, 2.24) is 5.32 Å². The standard InChI is InChI=1S/C27H22I2N2O4/c28-23-14-20(13-22(16-30)26(32)31-12-4-7-18-5-2-1-3-6-18)15-24(29)25(23)35-17-19-8-10-21(11-9-19)27(33)34/h1-3,5-6,8-11,13-15H,4,7,12,17H2,(H,31,32)(H,33,34)/b22-13-. The number of hydrogen-bond donors (Lipinski definition) is 2. The Morgan fingerprint density at radius 3 is 2.26 bits per heavy atom. The Hall–Kier alpha value is -2.91. The average molecular weight is 692 g/mol. The summed E-state index contributed by atoms with van der Waals surface area (Å²) < 4.78 is 7.64. The summed E-state index contributed by atoms with van der Waals surface area (Å²) in [5.41, 5.74) is 3.06. The smallest absolute Gasteiger partial charge is 0.335 e. The number of halogens is 2. The minimum absolute atomic E-state index is 0.0449. The number of rotatable bonds is 10. The molecule has 35 heavy (non-hydrogen) atoms. The number of benzene rings is 3. The lowest BCUT2D eigenvalue weighted by atomic mass is 10.1. The molecule has 0 aliphatic carbocycles. The van der Waals surface area contributed by atoms with Crippen molar-refractivity contribution >= 4 is 63.1 Å². The third kappa shape index (κ3) is 8.07. The molecule has 178 valence electrons. The van der Waals surface area contributed by atoms with E-state index in [0.717, 1.165) is 31.1 Å². The molecule has 0 saturated heterocycles. The molecule has 0 bridgehead atoms. The van der Waals surface area contributed by atoms with Gasteiger partial charge >= 0.3 is 5.97 Å². The molecule has 6 nitrogen and oxygen atoms in total. The summed E-state index contributed by atoms with van der Waals surface area (Å²) in [4.78, 5) is 23.5. The van der Waals surface area contributed by atoms with Crippen LogP contribution in [-0.2, 0) is 17.8 Å². The van der Waals surface area contributed by atoms with E-state index in [4.69, 9.17) is 9.84 Å². The van der Waals surface area contributed by atoms with E-state index in [1.165, 1.54) is 5.56 Å². The number of carboxylic acid groups (broad SMARTS) is 1. The first kappa shape index (κ1) is 26.7. The van der Waals surface area contributed by atoms with Crippen LogP contribution in [0.3, 0.4) is 0 Å². The highest BCUT2D eigenvalue weighted by Crippen LogP contribution is 2.30. The van der Waals surface area contributed by atoms with Crippen LogP contribution in [0, 0.1) is 18.5 Å². The Labute approximate surface area is 231 Å². The number of nitriles is 1. The maximum atomic E-state index is 12.5. The summed E-state index contributed by atoms with van der Waals surface area (Å²) in [6, 6.07) is 22.3. The highest BCUT2D eigenvalue weighted by molar-refractivity contribution is 14.1. The first-order valence-electron chi connectivity index (χ1n) is 10.8. The zero-order valence-corrected chi connectivity index (χ0v) is 22.9. The molecule has 0 unspecified atom stereocenters. The molecule has 0 atom stereocenters. The number of carbonyl (C=O) groups excluding carboxylic acids is 1. The lowest BCUT2D eigenvalue weighted by molar-refractivity contribution is -0.117. The fourth-order valence-corrected chi connectivity index (χ4v) is 5.38. The second-order valence-electron chi connectivity index (χ2n) is 7.62. The van der Waals surface area contributed by atoms with Crippen LogP contribution in [0.4, 0.5) is 0 Å². The Kier molecular flexibility index (Phi) is 10.1. The van der Waals surface area contributed by atoms with Crippen LogP contribution in [0.15, 0.2) is 72.3 Å². The van der Waals surface area contributed by atoms with Gasteiger partial charge in [0.2, 0.25) is 0 Å². The Morgan fingerprint density at radius 1 is 1.00 bits per heavy atom. The summed E-state index contributed by atoms with van der Waals surface area (Å²) in [5, 5.41) is 21.3. The molecule has 0 aliphatic heterocycles. The zero-order valence-electron chi connectivity index (χ0n) is 18.6. The molecule has 3 aromatic carbocycles. The highest BCUT2D eigenvalue weighted by atomic mass is 127. The fourth-order valence-electron chi connectivity index (χ4n) is 3.25. The summed E-state index contributed by atoms with van der Waals surface area (Å²) in [6.45, 7) is 0.776. The van der Waals surface area contributed by atoms with E-state index < -0.39 is 11.9 Å². The van der Waals surface area contributed by atoms with Gasteiger partial charge in [-0.3, -0.25) is 4.79 Å². The van der Waals surface area contributed by atoms with Gasteiger partial charge in [0.15, 0.2) is 0 Å². The number of aryl methyl sites for hydroxylation is 1. The van der Waals surface area contributed by atoms with Crippen LogP contribution in [-0.4, -0.2) is 23.5 Å². The Bertz CT molecular complexity index is 1240. The largest absolute Gasteiger partial charge is 0.487 e. The number of carbonyl (C=O) groups is 2. The molecule has 1 amide bonds. The molecule has 0 aliphatic rings. The van der Waals surface area contributed by atoms with Gasteiger partial charge in [-0.25, -0.2) is 4.79 Å². The summed E-state index contributed by atoms with van der Waals surface area (Å²) in [6.07, 6.45) is 3.22. The van der Waals surface area contributed by atoms with Crippen LogP contribution in [0.2, 0.25) is 0 Å². The summed E-state index contributed by atoms with van der Waals surface area (Å²) in [5.74, 6) is -0.673. The predicted octanol–water partition coefficient (Wildman–Crippen LogP) is 5.83. The first-order valence-corrected chi connectivity index (χ1v) is 12.9. The maximum Gasteiger partial charge on any atom is 0.335 e. The van der Waals surface area contributed by atoms with Gasteiger partial charge in [-0.2, -0.15) is 5.26 Å². The minimum Gasteiger partial charge on any atom is -0.487 e. The fraction of sp³-hybridized carbons (Fsp3) is 0.148. The monoisotopic (exact) mass is 692 g/mol. The van der Waals surface area contributed by atoms with E-state index in [9.17, 15) is 14.9 Å². The molecule has 0 heterocycles. The van der Waals surface area contributed by atoms with Crippen molar-refractivity contribution in [3.05, 3.63) is 102 Å². The van der Waals surface area contributed by atoms with Gasteiger partial charge in [0.25, 0.3) is 5.91 Å². The van der Waals surface area contributed by atoms with Gasteiger partial charge in [-0.05, 0) is 105 Å². The molecule has 3 rings (SSSR count). The Morgan fingerprint density at radius 2 is 1.66 bits per heavy atom. The van der Waals surface area contributed by atoms with E-state index in [1.807, 2.05) is 48.5 Å². The van der Waals surface area contributed by atoms with Gasteiger partial charge in [0.05, 0.1) is 12.7 Å². The topological polar surface area (TPSA) is 99.4 Å². The second kappa shape index (κ2) is 13.3. The molecule has 8 heteroatoms. The number of hydrogen-bond acceptors (Lipinski definition) is 4. The molecule has 0 saturated carbocycles. The van der Waals surface area contributed by atoms with Crippen molar-refractivity contribution in [2.75, 3.05) is 6.54 Å². The van der Waals surface area contributed by atoms with Crippen LogP contribution in [0.5, 0.6) is 5.75 Å². The van der Waals surface area contributed by atoms with E-state index in [0.29, 0.717) is 12.3 Å². The van der Waals surface area contributed by atoms with Gasteiger partial charge in [-0.1, -0.05) is 42.5 Å². The van der Waals surface area contributed by atoms with E-state index in [1.54, 1.807) is 30.3 Å². The van der Waals surface area contributed by atoms with Gasteiger partial charge in [0, 0.05) is 6.54 Å².